The van der Waals surface area contributed by atoms with E-state index in [2.05, 4.69) is 6.07 Å². The van der Waals surface area contributed by atoms with Gasteiger partial charge in [0.1, 0.15) is 10.3 Å². The number of nitrogens with zero attached hydrogens (tertiary/aromatic N) is 3. The number of carbonyl (C=O) groups excluding carboxylic acids is 1. The summed E-state index contributed by atoms with van der Waals surface area (Å²) in [4.78, 5) is 20.5. The minimum Gasteiger partial charge on any atom is -0.282 e. The van der Waals surface area contributed by atoms with Gasteiger partial charge in [0.15, 0.2) is 5.13 Å². The first-order chi connectivity index (χ1) is 16.4. The molecule has 1 atom stereocenters. The van der Waals surface area contributed by atoms with E-state index in [1.54, 1.807) is 22.4 Å². The molecule has 0 radical (unpaired) electrons. The Bertz CT molecular complexity index is 1390. The number of anilines is 1. The summed E-state index contributed by atoms with van der Waals surface area (Å²) < 4.78 is 29.3. The maximum absolute atomic E-state index is 14.0. The molecule has 0 spiro atoms. The average molecular weight is 512 g/mol. The molecule has 4 aromatic rings. The van der Waals surface area contributed by atoms with Crippen LogP contribution in [0.2, 0.25) is 0 Å². The van der Waals surface area contributed by atoms with Gasteiger partial charge in [-0.1, -0.05) is 59.9 Å². The van der Waals surface area contributed by atoms with Crippen molar-refractivity contribution in [3.8, 4) is 0 Å². The number of rotatable bonds is 6. The number of carbonyl (C=O) groups is 1. The predicted octanol–water partition coefficient (Wildman–Crippen LogP) is 5.36. The minimum absolute atomic E-state index is 0.226. The van der Waals surface area contributed by atoms with Crippen molar-refractivity contribution < 1.29 is 13.2 Å². The van der Waals surface area contributed by atoms with E-state index in [-0.39, 0.29) is 10.1 Å². The summed E-state index contributed by atoms with van der Waals surface area (Å²) >= 11 is 2.67. The van der Waals surface area contributed by atoms with Crippen LogP contribution >= 0.6 is 22.7 Å². The Kier molecular flexibility index (Phi) is 6.28. The van der Waals surface area contributed by atoms with Crippen molar-refractivity contribution in [2.45, 2.75) is 43.5 Å². The standard InChI is InChI=1S/C25H25N3O3S3/c1-17-12-13-18(2)23-22(17)26-25(33-23)27(16-19-8-4-3-5-9-19)24(29)20-10-6-14-28(20)34(30,31)21-11-7-15-32-21/h3-5,7-9,11-13,15,20H,6,10,14,16H2,1-2H3. The molecule has 176 valence electrons. The zero-order valence-electron chi connectivity index (χ0n) is 19.0. The fraction of sp³-hybridized carbons (Fsp3) is 0.280. The molecular formula is C25H25N3O3S3. The molecule has 2 aromatic carbocycles. The number of fused-ring (bicyclic) bond motifs is 1. The largest absolute Gasteiger partial charge is 0.282 e. The van der Waals surface area contributed by atoms with Crippen molar-refractivity contribution in [1.82, 2.24) is 9.29 Å². The number of thiazole rings is 1. The SMILES string of the molecule is Cc1ccc(C)c2sc(N(Cc3ccccc3)C(=O)C3CCCN3S(=O)(=O)c3cccs3)nc12. The number of amides is 1. The van der Waals surface area contributed by atoms with Gasteiger partial charge >= 0.3 is 0 Å². The lowest BCUT2D eigenvalue weighted by Gasteiger charge is -2.28. The van der Waals surface area contributed by atoms with Gasteiger partial charge in [0, 0.05) is 6.54 Å². The van der Waals surface area contributed by atoms with Crippen LogP contribution in [0, 0.1) is 13.8 Å². The summed E-state index contributed by atoms with van der Waals surface area (Å²) in [6.07, 6.45) is 1.15. The van der Waals surface area contributed by atoms with Gasteiger partial charge < -0.3 is 0 Å². The Morgan fingerprint density at radius 1 is 1.09 bits per heavy atom. The first-order valence-electron chi connectivity index (χ1n) is 11.1. The Labute approximate surface area is 207 Å². The fourth-order valence-electron chi connectivity index (χ4n) is 4.35. The van der Waals surface area contributed by atoms with Gasteiger partial charge in [-0.15, -0.1) is 11.3 Å². The zero-order chi connectivity index (χ0) is 23.9. The van der Waals surface area contributed by atoms with Gasteiger partial charge in [-0.3, -0.25) is 9.69 Å². The van der Waals surface area contributed by atoms with Crippen molar-refractivity contribution in [2.24, 2.45) is 0 Å². The van der Waals surface area contributed by atoms with E-state index >= 15 is 0 Å². The van der Waals surface area contributed by atoms with E-state index < -0.39 is 16.1 Å². The molecule has 0 bridgehead atoms. The van der Waals surface area contributed by atoms with E-state index in [1.807, 2.05) is 50.2 Å². The number of hydrogen-bond acceptors (Lipinski definition) is 6. The van der Waals surface area contributed by atoms with Crippen molar-refractivity contribution in [3.63, 3.8) is 0 Å². The smallest absolute Gasteiger partial charge is 0.253 e. The first kappa shape index (κ1) is 23.2. The van der Waals surface area contributed by atoms with E-state index in [4.69, 9.17) is 4.98 Å². The molecule has 1 unspecified atom stereocenters. The van der Waals surface area contributed by atoms with Gasteiger partial charge in [-0.05, 0) is 54.8 Å². The van der Waals surface area contributed by atoms with Crippen LogP contribution < -0.4 is 4.90 Å². The highest BCUT2D eigenvalue weighted by Crippen LogP contribution is 2.36. The molecule has 1 aliphatic heterocycles. The summed E-state index contributed by atoms with van der Waals surface area (Å²) in [6.45, 7) is 4.73. The number of thiophene rings is 1. The van der Waals surface area contributed by atoms with Gasteiger partial charge in [0.25, 0.3) is 10.0 Å². The molecule has 6 nitrogen and oxygen atoms in total. The lowest BCUT2D eigenvalue weighted by atomic mass is 10.1. The van der Waals surface area contributed by atoms with Crippen molar-refractivity contribution >= 4 is 54.0 Å². The van der Waals surface area contributed by atoms with Gasteiger partial charge in [0.05, 0.1) is 16.8 Å². The number of benzene rings is 2. The quantitative estimate of drug-likeness (QED) is 0.349. The molecule has 0 saturated carbocycles. The molecule has 1 saturated heterocycles. The van der Waals surface area contributed by atoms with E-state index in [0.29, 0.717) is 31.1 Å². The highest BCUT2D eigenvalue weighted by Gasteiger charge is 2.42. The number of aromatic nitrogens is 1. The normalized spacial score (nSPS) is 16.8. The Morgan fingerprint density at radius 2 is 1.85 bits per heavy atom. The predicted molar refractivity (Wildman–Crippen MR) is 138 cm³/mol. The second kappa shape index (κ2) is 9.22. The third kappa shape index (κ3) is 4.17. The van der Waals surface area contributed by atoms with Crippen LogP contribution in [-0.2, 0) is 21.4 Å². The summed E-state index contributed by atoms with van der Waals surface area (Å²) in [5.41, 5.74) is 4.02. The van der Waals surface area contributed by atoms with Crippen molar-refractivity contribution in [1.29, 1.82) is 0 Å². The van der Waals surface area contributed by atoms with Crippen LogP contribution in [0.25, 0.3) is 10.2 Å². The highest BCUT2D eigenvalue weighted by molar-refractivity contribution is 7.91. The van der Waals surface area contributed by atoms with Crippen molar-refractivity contribution in [3.05, 3.63) is 76.7 Å². The molecule has 1 fully saturated rings. The molecule has 0 N–H and O–H groups in total. The number of hydrogen-bond donors (Lipinski definition) is 0. The molecule has 34 heavy (non-hydrogen) atoms. The second-order valence-electron chi connectivity index (χ2n) is 8.49. The maximum atomic E-state index is 14.0. The van der Waals surface area contributed by atoms with E-state index in [1.165, 1.54) is 27.0 Å². The molecule has 0 aliphatic carbocycles. The molecule has 1 amide bonds. The molecule has 2 aromatic heterocycles. The first-order valence-corrected chi connectivity index (χ1v) is 14.3. The average Bonchev–Trinajstić information content (AvgIpc) is 3.61. The van der Waals surface area contributed by atoms with Gasteiger partial charge in [-0.25, -0.2) is 13.4 Å². The molecule has 1 aliphatic rings. The maximum Gasteiger partial charge on any atom is 0.253 e. The molecule has 5 rings (SSSR count). The fourth-order valence-corrected chi connectivity index (χ4v) is 8.24. The number of aryl methyl sites for hydroxylation is 2. The summed E-state index contributed by atoms with van der Waals surface area (Å²) in [5.74, 6) is -0.226. The number of sulfonamides is 1. The molecular weight excluding hydrogens is 486 g/mol. The van der Waals surface area contributed by atoms with Crippen LogP contribution in [0.3, 0.4) is 0 Å². The Balaban J connectivity index is 1.56. The van der Waals surface area contributed by atoms with Crippen LogP contribution in [0.4, 0.5) is 5.13 Å². The lowest BCUT2D eigenvalue weighted by Crippen LogP contribution is -2.47. The minimum atomic E-state index is -3.73. The third-order valence-corrected chi connectivity index (χ3v) is 10.7. The van der Waals surface area contributed by atoms with Crippen LogP contribution in [0.1, 0.15) is 29.5 Å². The van der Waals surface area contributed by atoms with Crippen LogP contribution in [0.15, 0.2) is 64.2 Å². The van der Waals surface area contributed by atoms with Crippen molar-refractivity contribution in [2.75, 3.05) is 11.4 Å². The highest BCUT2D eigenvalue weighted by atomic mass is 32.2. The summed E-state index contributed by atoms with van der Waals surface area (Å²) in [6, 6.07) is 16.4. The summed E-state index contributed by atoms with van der Waals surface area (Å²) in [7, 11) is -3.73. The lowest BCUT2D eigenvalue weighted by molar-refractivity contribution is -0.121. The van der Waals surface area contributed by atoms with E-state index in [0.717, 1.165) is 26.9 Å². The van der Waals surface area contributed by atoms with E-state index in [9.17, 15) is 13.2 Å². The third-order valence-electron chi connectivity index (χ3n) is 6.16. The second-order valence-corrected chi connectivity index (χ2v) is 12.5. The molecule has 3 heterocycles. The zero-order valence-corrected chi connectivity index (χ0v) is 21.4. The molecule has 9 heteroatoms. The monoisotopic (exact) mass is 511 g/mol. The van der Waals surface area contributed by atoms with Crippen LogP contribution in [-0.4, -0.2) is 36.2 Å². The topological polar surface area (TPSA) is 70.6 Å². The Hall–Kier alpha value is -2.59. The Morgan fingerprint density at radius 3 is 2.56 bits per heavy atom. The van der Waals surface area contributed by atoms with Crippen LogP contribution in [0.5, 0.6) is 0 Å². The summed E-state index contributed by atoms with van der Waals surface area (Å²) in [5, 5.41) is 2.34. The van der Waals surface area contributed by atoms with Gasteiger partial charge in [-0.2, -0.15) is 4.31 Å². The van der Waals surface area contributed by atoms with Gasteiger partial charge in [0.2, 0.25) is 5.91 Å².